The molecule has 0 saturated heterocycles. The van der Waals surface area contributed by atoms with Gasteiger partial charge in [0.25, 0.3) is 0 Å². The van der Waals surface area contributed by atoms with Crippen molar-refractivity contribution in [2.45, 2.75) is 6.92 Å². The summed E-state index contributed by atoms with van der Waals surface area (Å²) in [5.41, 5.74) is 4.53. The van der Waals surface area contributed by atoms with Crippen molar-refractivity contribution >= 4 is 17.1 Å². The Labute approximate surface area is 110 Å². The van der Waals surface area contributed by atoms with Crippen LogP contribution in [0.5, 0.6) is 0 Å². The van der Waals surface area contributed by atoms with Crippen molar-refractivity contribution in [2.24, 2.45) is 0 Å². The molecule has 4 nitrogen and oxygen atoms in total. The van der Waals surface area contributed by atoms with E-state index >= 15 is 0 Å². The minimum atomic E-state index is 0.849. The normalized spacial score (nSPS) is 11.4. The molecule has 0 aliphatic rings. The first-order valence-electron chi connectivity index (χ1n) is 6.02. The molecule has 0 bridgehead atoms. The maximum absolute atomic E-state index is 8.97. The molecule has 94 valence electrons. The van der Waals surface area contributed by atoms with Crippen molar-refractivity contribution in [3.63, 3.8) is 0 Å². The lowest BCUT2D eigenvalue weighted by atomic mass is 10.1. The van der Waals surface area contributed by atoms with Gasteiger partial charge in [-0.3, -0.25) is 0 Å². The number of aliphatic hydroxyl groups excluding tert-OH is 1. The first-order valence-corrected chi connectivity index (χ1v) is 6.02. The van der Waals surface area contributed by atoms with E-state index in [1.165, 1.54) is 0 Å². The Morgan fingerprint density at radius 2 is 1.74 bits per heavy atom. The zero-order chi connectivity index (χ0) is 13.2. The van der Waals surface area contributed by atoms with E-state index in [0.29, 0.717) is 0 Å². The maximum Gasteiger partial charge on any atom is 0.113 e. The Kier molecular flexibility index (Phi) is 2.76. The van der Waals surface area contributed by atoms with E-state index in [0.717, 1.165) is 34.1 Å². The van der Waals surface area contributed by atoms with E-state index in [-0.39, 0.29) is 0 Å². The lowest BCUT2D eigenvalue weighted by molar-refractivity contribution is 0.478. The fraction of sp³-hybridized carbons (Fsp3) is 0.0667. The second-order valence-electron chi connectivity index (χ2n) is 4.36. The summed E-state index contributed by atoms with van der Waals surface area (Å²) in [6, 6.07) is 13.6. The van der Waals surface area contributed by atoms with Crippen molar-refractivity contribution in [3.8, 4) is 5.69 Å². The van der Waals surface area contributed by atoms with Gasteiger partial charge in [0.1, 0.15) is 11.0 Å². The molecule has 3 aromatic rings. The van der Waals surface area contributed by atoms with Crippen LogP contribution >= 0.6 is 0 Å². The van der Waals surface area contributed by atoms with Crippen molar-refractivity contribution in [2.75, 3.05) is 0 Å². The van der Waals surface area contributed by atoms with E-state index in [9.17, 15) is 0 Å². The summed E-state index contributed by atoms with van der Waals surface area (Å²) in [6.45, 7) is 2.01. The van der Waals surface area contributed by atoms with Crippen LogP contribution in [0.2, 0.25) is 0 Å². The predicted octanol–water partition coefficient (Wildman–Crippen LogP) is 3.26. The lowest BCUT2D eigenvalue weighted by Crippen LogP contribution is -2.01. The number of rotatable bonds is 2. The third-order valence-corrected chi connectivity index (χ3v) is 2.94. The highest BCUT2D eigenvalue weighted by Crippen LogP contribution is 2.18. The number of hydrogen-bond acceptors (Lipinski definition) is 3. The number of aliphatic hydroxyl groups is 1. The van der Waals surface area contributed by atoms with Gasteiger partial charge in [-0.15, -0.1) is 15.0 Å². The molecule has 0 fully saturated rings. The Morgan fingerprint density at radius 1 is 1.05 bits per heavy atom. The van der Waals surface area contributed by atoms with Crippen LogP contribution in [-0.2, 0) is 0 Å². The number of fused-ring (bicyclic) bond motifs is 1. The molecule has 0 radical (unpaired) electrons. The van der Waals surface area contributed by atoms with Gasteiger partial charge in [-0.25, -0.2) is 0 Å². The molecule has 4 heteroatoms. The monoisotopic (exact) mass is 251 g/mol. The first-order chi connectivity index (χ1) is 9.28. The predicted molar refractivity (Wildman–Crippen MR) is 75.3 cm³/mol. The average molecular weight is 251 g/mol. The molecule has 0 amide bonds. The Hall–Kier alpha value is -2.62. The van der Waals surface area contributed by atoms with Gasteiger partial charge in [0, 0.05) is 5.56 Å². The van der Waals surface area contributed by atoms with Gasteiger partial charge < -0.3 is 5.11 Å². The summed E-state index contributed by atoms with van der Waals surface area (Å²) >= 11 is 0. The standard InChI is InChI=1S/C15H13N3O/c1-11-6-7-12(8-9-19)15(10-11)18-16-13-4-2-3-5-14(13)17-18/h2-10,19H,1H3. The van der Waals surface area contributed by atoms with Crippen LogP contribution in [0.25, 0.3) is 22.8 Å². The van der Waals surface area contributed by atoms with Gasteiger partial charge >= 0.3 is 0 Å². The van der Waals surface area contributed by atoms with Crippen LogP contribution in [0.15, 0.2) is 48.7 Å². The number of benzene rings is 2. The second-order valence-corrected chi connectivity index (χ2v) is 4.36. The summed E-state index contributed by atoms with van der Waals surface area (Å²) in [5, 5.41) is 17.9. The van der Waals surface area contributed by atoms with Crippen LogP contribution in [0.1, 0.15) is 11.1 Å². The fourth-order valence-corrected chi connectivity index (χ4v) is 2.02. The molecule has 19 heavy (non-hydrogen) atoms. The summed E-state index contributed by atoms with van der Waals surface area (Å²) in [5.74, 6) is 0. The summed E-state index contributed by atoms with van der Waals surface area (Å²) in [7, 11) is 0. The number of hydrogen-bond donors (Lipinski definition) is 1. The minimum Gasteiger partial charge on any atom is -0.516 e. The lowest BCUT2D eigenvalue weighted by Gasteiger charge is -2.05. The SMILES string of the molecule is Cc1ccc(C=CO)c(-n2nc3ccccc3n2)c1. The topological polar surface area (TPSA) is 50.9 Å². The highest BCUT2D eigenvalue weighted by atomic mass is 16.2. The van der Waals surface area contributed by atoms with Gasteiger partial charge in [-0.2, -0.15) is 0 Å². The highest BCUT2D eigenvalue weighted by molar-refractivity contribution is 5.74. The summed E-state index contributed by atoms with van der Waals surface area (Å²) < 4.78 is 0. The van der Waals surface area contributed by atoms with Gasteiger partial charge in [0.05, 0.1) is 11.9 Å². The number of aryl methyl sites for hydroxylation is 1. The Morgan fingerprint density at radius 3 is 2.37 bits per heavy atom. The Balaban J connectivity index is 2.22. The van der Waals surface area contributed by atoms with Gasteiger partial charge in [0.2, 0.25) is 0 Å². The molecule has 0 spiro atoms. The minimum absolute atomic E-state index is 0.849. The fourth-order valence-electron chi connectivity index (χ4n) is 2.02. The van der Waals surface area contributed by atoms with Gasteiger partial charge in [0.15, 0.2) is 0 Å². The second kappa shape index (κ2) is 4.57. The third-order valence-electron chi connectivity index (χ3n) is 2.94. The molecule has 0 saturated carbocycles. The highest BCUT2D eigenvalue weighted by Gasteiger charge is 2.07. The molecule has 1 N–H and O–H groups in total. The maximum atomic E-state index is 8.97. The molecule has 0 atom stereocenters. The number of aromatic nitrogens is 3. The molecule has 1 aromatic heterocycles. The van der Waals surface area contributed by atoms with Crippen molar-refractivity contribution in [1.29, 1.82) is 0 Å². The largest absolute Gasteiger partial charge is 0.516 e. The molecule has 1 heterocycles. The first kappa shape index (κ1) is 11.5. The van der Waals surface area contributed by atoms with Gasteiger partial charge in [-0.1, -0.05) is 24.3 Å². The van der Waals surface area contributed by atoms with Crippen LogP contribution in [-0.4, -0.2) is 20.1 Å². The summed E-state index contributed by atoms with van der Waals surface area (Å²) in [4.78, 5) is 1.60. The number of nitrogens with zero attached hydrogens (tertiary/aromatic N) is 3. The van der Waals surface area contributed by atoms with Crippen molar-refractivity contribution in [1.82, 2.24) is 15.0 Å². The average Bonchev–Trinajstić information content (AvgIpc) is 2.84. The molecular weight excluding hydrogens is 238 g/mol. The zero-order valence-electron chi connectivity index (χ0n) is 10.5. The van der Waals surface area contributed by atoms with E-state index in [1.54, 1.807) is 10.9 Å². The molecular formula is C15H13N3O. The van der Waals surface area contributed by atoms with Crippen molar-refractivity contribution in [3.05, 3.63) is 59.9 Å². The zero-order valence-corrected chi connectivity index (χ0v) is 10.5. The molecule has 3 rings (SSSR count). The third kappa shape index (κ3) is 2.08. The molecule has 0 aliphatic heterocycles. The van der Waals surface area contributed by atoms with Crippen LogP contribution in [0, 0.1) is 6.92 Å². The van der Waals surface area contributed by atoms with Crippen LogP contribution in [0.4, 0.5) is 0 Å². The van der Waals surface area contributed by atoms with Gasteiger partial charge in [-0.05, 0) is 36.8 Å². The van der Waals surface area contributed by atoms with Crippen LogP contribution < -0.4 is 0 Å². The molecule has 0 unspecified atom stereocenters. The van der Waals surface area contributed by atoms with E-state index in [1.807, 2.05) is 49.4 Å². The van der Waals surface area contributed by atoms with E-state index in [2.05, 4.69) is 10.2 Å². The van der Waals surface area contributed by atoms with E-state index < -0.39 is 0 Å². The van der Waals surface area contributed by atoms with Crippen LogP contribution in [0.3, 0.4) is 0 Å². The Bertz CT molecular complexity index is 726. The smallest absolute Gasteiger partial charge is 0.113 e. The molecule has 0 aliphatic carbocycles. The van der Waals surface area contributed by atoms with Crippen molar-refractivity contribution < 1.29 is 5.11 Å². The van der Waals surface area contributed by atoms with E-state index in [4.69, 9.17) is 5.11 Å². The quantitative estimate of drug-likeness (QED) is 0.711. The summed E-state index contributed by atoms with van der Waals surface area (Å²) in [6.07, 6.45) is 2.65. The molecule has 2 aromatic carbocycles.